The zero-order chi connectivity index (χ0) is 13.0. The Bertz CT molecular complexity index is 421. The van der Waals surface area contributed by atoms with E-state index in [4.69, 9.17) is 11.6 Å². The van der Waals surface area contributed by atoms with Crippen LogP contribution < -0.4 is 5.32 Å². The molecule has 1 heterocycles. The van der Waals surface area contributed by atoms with Crippen LogP contribution in [0, 0.1) is 0 Å². The average molecular weight is 277 g/mol. The molecule has 1 N–H and O–H groups in total. The molecule has 0 saturated heterocycles. The van der Waals surface area contributed by atoms with Crippen LogP contribution in [-0.4, -0.2) is 46.5 Å². The molecule has 0 aliphatic carbocycles. The fourth-order valence-corrected chi connectivity index (χ4v) is 1.93. The number of carbonyl (C=O) groups excluding carboxylic acids is 2. The number of hydrogen-bond donors (Lipinski definition) is 1. The molecule has 0 aromatic carbocycles. The summed E-state index contributed by atoms with van der Waals surface area (Å²) >= 11 is 6.56. The maximum absolute atomic E-state index is 11.8. The van der Waals surface area contributed by atoms with Gasteiger partial charge in [0.15, 0.2) is 0 Å². The molecule has 0 spiro atoms. The maximum atomic E-state index is 11.8. The Morgan fingerprint density at radius 3 is 2.59 bits per heavy atom. The van der Waals surface area contributed by atoms with Crippen LogP contribution in [0.4, 0.5) is 0 Å². The normalized spacial score (nSPS) is 10.4. The van der Waals surface area contributed by atoms with Gasteiger partial charge in [-0.25, -0.2) is 0 Å². The van der Waals surface area contributed by atoms with Crippen LogP contribution in [-0.2, 0) is 4.79 Å². The van der Waals surface area contributed by atoms with Gasteiger partial charge in [0.05, 0.1) is 6.54 Å². The molecule has 0 radical (unpaired) electrons. The Balaban J connectivity index is 2.56. The van der Waals surface area contributed by atoms with E-state index in [0.29, 0.717) is 0 Å². The van der Waals surface area contributed by atoms with Crippen LogP contribution in [0.1, 0.15) is 23.6 Å². The van der Waals surface area contributed by atoms with E-state index in [-0.39, 0.29) is 33.9 Å². The number of rotatable bonds is 4. The minimum absolute atomic E-state index is 0.0196. The Hall–Kier alpha value is -1.21. The lowest BCUT2D eigenvalue weighted by atomic mass is 10.4. The summed E-state index contributed by atoms with van der Waals surface area (Å²) in [6.07, 6.45) is 0. The van der Waals surface area contributed by atoms with Gasteiger partial charge >= 0.3 is 0 Å². The highest BCUT2D eigenvalue weighted by molar-refractivity contribution is 7.17. The van der Waals surface area contributed by atoms with Gasteiger partial charge < -0.3 is 10.2 Å². The molecule has 94 valence electrons. The molecule has 1 aromatic rings. The molecule has 17 heavy (non-hydrogen) atoms. The Morgan fingerprint density at radius 2 is 2.12 bits per heavy atom. The van der Waals surface area contributed by atoms with Crippen molar-refractivity contribution in [3.63, 3.8) is 0 Å². The van der Waals surface area contributed by atoms with Crippen molar-refractivity contribution < 1.29 is 9.59 Å². The van der Waals surface area contributed by atoms with Gasteiger partial charge in [0.2, 0.25) is 15.4 Å². The maximum Gasteiger partial charge on any atom is 0.285 e. The highest BCUT2D eigenvalue weighted by Crippen LogP contribution is 2.15. The smallest absolute Gasteiger partial charge is 0.285 e. The molecule has 1 aromatic heterocycles. The van der Waals surface area contributed by atoms with Gasteiger partial charge in [0.25, 0.3) is 5.91 Å². The summed E-state index contributed by atoms with van der Waals surface area (Å²) in [5.41, 5.74) is 0. The highest BCUT2D eigenvalue weighted by atomic mass is 35.5. The topological polar surface area (TPSA) is 75.2 Å². The third-order valence-electron chi connectivity index (χ3n) is 1.76. The number of nitrogens with zero attached hydrogens (tertiary/aromatic N) is 3. The lowest BCUT2D eigenvalue weighted by molar-refractivity contribution is -0.122. The Labute approximate surface area is 108 Å². The fourth-order valence-electron chi connectivity index (χ4n) is 1.11. The molecule has 6 nitrogen and oxygen atoms in total. The molecule has 2 amide bonds. The summed E-state index contributed by atoms with van der Waals surface area (Å²) in [4.78, 5) is 24.5. The zero-order valence-corrected chi connectivity index (χ0v) is 11.3. The second-order valence-electron chi connectivity index (χ2n) is 3.74. The van der Waals surface area contributed by atoms with E-state index in [1.807, 2.05) is 13.8 Å². The predicted octanol–water partition coefficient (Wildman–Crippen LogP) is 0.788. The van der Waals surface area contributed by atoms with E-state index in [1.165, 1.54) is 11.9 Å². The monoisotopic (exact) mass is 276 g/mol. The third-order valence-corrected chi connectivity index (χ3v) is 2.77. The van der Waals surface area contributed by atoms with Crippen LogP contribution in [0.15, 0.2) is 0 Å². The molecule has 0 aliphatic heterocycles. The van der Waals surface area contributed by atoms with E-state index >= 15 is 0 Å². The summed E-state index contributed by atoms with van der Waals surface area (Å²) in [6.45, 7) is 3.68. The first kappa shape index (κ1) is 13.9. The highest BCUT2D eigenvalue weighted by Gasteiger charge is 2.19. The number of hydrogen-bond acceptors (Lipinski definition) is 5. The largest absolute Gasteiger partial charge is 0.352 e. The first-order valence-electron chi connectivity index (χ1n) is 4.94. The number of halogens is 1. The molecule has 0 saturated carbocycles. The van der Waals surface area contributed by atoms with Gasteiger partial charge in [-0.3, -0.25) is 9.59 Å². The molecule has 0 bridgehead atoms. The van der Waals surface area contributed by atoms with Gasteiger partial charge in [0, 0.05) is 13.1 Å². The number of nitrogens with one attached hydrogen (secondary N) is 1. The minimum Gasteiger partial charge on any atom is -0.352 e. The fraction of sp³-hybridized carbons (Fsp3) is 0.556. The van der Waals surface area contributed by atoms with E-state index < -0.39 is 0 Å². The number of carbonyl (C=O) groups is 2. The molecule has 0 fully saturated rings. The third kappa shape index (κ3) is 4.27. The van der Waals surface area contributed by atoms with Crippen molar-refractivity contribution in [2.24, 2.45) is 0 Å². The summed E-state index contributed by atoms with van der Waals surface area (Å²) in [7, 11) is 1.53. The Morgan fingerprint density at radius 1 is 1.47 bits per heavy atom. The quantitative estimate of drug-likeness (QED) is 0.882. The van der Waals surface area contributed by atoms with Crippen LogP contribution in [0.2, 0.25) is 4.47 Å². The zero-order valence-electron chi connectivity index (χ0n) is 9.73. The standard InChI is InChI=1S/C9H13ClN4O2S/c1-5(2)11-6(15)4-14(3)8(16)7-12-13-9(10)17-7/h5H,4H2,1-3H3,(H,11,15). The first-order chi connectivity index (χ1) is 7.90. The second kappa shape index (κ2) is 5.92. The van der Waals surface area contributed by atoms with Crippen LogP contribution >= 0.6 is 22.9 Å². The van der Waals surface area contributed by atoms with Gasteiger partial charge in [-0.05, 0) is 25.4 Å². The number of likely N-dealkylation sites (N-methyl/N-ethyl adjacent to an activating group) is 1. The van der Waals surface area contributed by atoms with E-state index in [0.717, 1.165) is 11.3 Å². The second-order valence-corrected chi connectivity index (χ2v) is 5.30. The van der Waals surface area contributed by atoms with Crippen molar-refractivity contribution in [3.05, 3.63) is 9.47 Å². The predicted molar refractivity (Wildman–Crippen MR) is 65.2 cm³/mol. The van der Waals surface area contributed by atoms with Gasteiger partial charge in [-0.15, -0.1) is 10.2 Å². The van der Waals surface area contributed by atoms with E-state index in [9.17, 15) is 9.59 Å². The van der Waals surface area contributed by atoms with Crippen molar-refractivity contribution in [1.29, 1.82) is 0 Å². The number of amides is 2. The lowest BCUT2D eigenvalue weighted by Gasteiger charge is -2.16. The van der Waals surface area contributed by atoms with Gasteiger partial charge in [0.1, 0.15) is 0 Å². The molecule has 0 atom stereocenters. The molecule has 8 heteroatoms. The average Bonchev–Trinajstić information content (AvgIpc) is 2.62. The lowest BCUT2D eigenvalue weighted by Crippen LogP contribution is -2.40. The molecular weight excluding hydrogens is 264 g/mol. The van der Waals surface area contributed by atoms with Crippen molar-refractivity contribution in [2.75, 3.05) is 13.6 Å². The number of aromatic nitrogens is 2. The molecule has 0 aliphatic rings. The van der Waals surface area contributed by atoms with Crippen LogP contribution in [0.25, 0.3) is 0 Å². The summed E-state index contributed by atoms with van der Waals surface area (Å²) in [5.74, 6) is -0.584. The van der Waals surface area contributed by atoms with Crippen molar-refractivity contribution in [2.45, 2.75) is 19.9 Å². The minimum atomic E-state index is -0.367. The van der Waals surface area contributed by atoms with Gasteiger partial charge in [-0.2, -0.15) is 0 Å². The van der Waals surface area contributed by atoms with Crippen molar-refractivity contribution >= 4 is 34.8 Å². The molecule has 0 unspecified atom stereocenters. The van der Waals surface area contributed by atoms with E-state index in [2.05, 4.69) is 15.5 Å². The van der Waals surface area contributed by atoms with Crippen molar-refractivity contribution in [3.8, 4) is 0 Å². The first-order valence-corrected chi connectivity index (χ1v) is 6.13. The molecular formula is C9H13ClN4O2S. The Kier molecular flexibility index (Phi) is 4.83. The van der Waals surface area contributed by atoms with Crippen LogP contribution in [0.5, 0.6) is 0 Å². The van der Waals surface area contributed by atoms with Crippen LogP contribution in [0.3, 0.4) is 0 Å². The summed E-state index contributed by atoms with van der Waals surface area (Å²) in [6, 6.07) is 0.0435. The van der Waals surface area contributed by atoms with Crippen molar-refractivity contribution in [1.82, 2.24) is 20.4 Å². The van der Waals surface area contributed by atoms with Gasteiger partial charge in [-0.1, -0.05) is 11.3 Å². The molecule has 1 rings (SSSR count). The summed E-state index contributed by atoms with van der Waals surface area (Å²) < 4.78 is 0.202. The SMILES string of the molecule is CC(C)NC(=O)CN(C)C(=O)c1nnc(Cl)s1. The summed E-state index contributed by atoms with van der Waals surface area (Å²) in [5, 5.41) is 10.0. The van der Waals surface area contributed by atoms with E-state index in [1.54, 1.807) is 0 Å².